The van der Waals surface area contributed by atoms with Gasteiger partial charge in [-0.05, 0) is 36.4 Å². The van der Waals surface area contributed by atoms with Gasteiger partial charge in [-0.1, -0.05) is 0 Å². The zero-order chi connectivity index (χ0) is 16.3. The second-order valence-corrected chi connectivity index (χ2v) is 5.99. The zero-order valence-electron chi connectivity index (χ0n) is 11.5. The maximum absolute atomic E-state index is 13.8. The molecule has 3 N–H and O–H groups in total. The SMILES string of the molecule is COc1ccc(S(=O)(=O)Nc2ccc(C(N)=O)cc2)c(F)c1. The lowest BCUT2D eigenvalue weighted by molar-refractivity contribution is 0.100. The van der Waals surface area contributed by atoms with Crippen LogP contribution in [0.2, 0.25) is 0 Å². The van der Waals surface area contributed by atoms with E-state index in [-0.39, 0.29) is 17.0 Å². The van der Waals surface area contributed by atoms with Gasteiger partial charge in [0.1, 0.15) is 16.5 Å². The standard InChI is InChI=1S/C14H13FN2O4S/c1-21-11-6-7-13(12(15)8-11)22(19,20)17-10-4-2-9(3-5-10)14(16)18/h2-8,17H,1H3,(H2,16,18). The van der Waals surface area contributed by atoms with Gasteiger partial charge in [0.05, 0.1) is 7.11 Å². The summed E-state index contributed by atoms with van der Waals surface area (Å²) in [6.07, 6.45) is 0. The van der Waals surface area contributed by atoms with E-state index >= 15 is 0 Å². The van der Waals surface area contributed by atoms with Crippen LogP contribution in [0.25, 0.3) is 0 Å². The molecule has 0 aliphatic rings. The fourth-order valence-electron chi connectivity index (χ4n) is 1.74. The molecule has 8 heteroatoms. The van der Waals surface area contributed by atoms with Crippen LogP contribution >= 0.6 is 0 Å². The Morgan fingerprint density at radius 1 is 1.18 bits per heavy atom. The number of sulfonamides is 1. The molecule has 0 saturated heterocycles. The summed E-state index contributed by atoms with van der Waals surface area (Å²) in [5.74, 6) is -1.35. The van der Waals surface area contributed by atoms with E-state index < -0.39 is 26.6 Å². The van der Waals surface area contributed by atoms with Crippen LogP contribution in [0.4, 0.5) is 10.1 Å². The second kappa shape index (κ2) is 6.02. The average Bonchev–Trinajstić information content (AvgIpc) is 2.46. The molecule has 0 atom stereocenters. The number of primary amides is 1. The molecule has 0 fully saturated rings. The van der Waals surface area contributed by atoms with E-state index in [0.29, 0.717) is 0 Å². The van der Waals surface area contributed by atoms with Crippen molar-refractivity contribution in [3.05, 3.63) is 53.8 Å². The van der Waals surface area contributed by atoms with Gasteiger partial charge in [-0.2, -0.15) is 0 Å². The number of anilines is 1. The molecule has 2 aromatic rings. The molecule has 0 spiro atoms. The van der Waals surface area contributed by atoms with Crippen LogP contribution < -0.4 is 15.2 Å². The van der Waals surface area contributed by atoms with Crippen LogP contribution in [-0.4, -0.2) is 21.4 Å². The Bertz CT molecular complexity index is 804. The van der Waals surface area contributed by atoms with Crippen LogP contribution in [0.15, 0.2) is 47.4 Å². The lowest BCUT2D eigenvalue weighted by atomic mass is 10.2. The Kier molecular flexibility index (Phi) is 4.32. The number of carbonyl (C=O) groups is 1. The molecule has 0 unspecified atom stereocenters. The van der Waals surface area contributed by atoms with Gasteiger partial charge in [0.25, 0.3) is 10.0 Å². The van der Waals surface area contributed by atoms with Crippen LogP contribution in [0, 0.1) is 5.82 Å². The predicted molar refractivity (Wildman–Crippen MR) is 78.7 cm³/mol. The molecule has 2 rings (SSSR count). The minimum atomic E-state index is -4.10. The van der Waals surface area contributed by atoms with E-state index in [4.69, 9.17) is 10.5 Å². The lowest BCUT2D eigenvalue weighted by Gasteiger charge is -2.10. The maximum Gasteiger partial charge on any atom is 0.264 e. The van der Waals surface area contributed by atoms with E-state index in [1.807, 2.05) is 0 Å². The molecule has 0 radical (unpaired) electrons. The molecular weight excluding hydrogens is 311 g/mol. The Morgan fingerprint density at radius 2 is 1.82 bits per heavy atom. The first-order valence-electron chi connectivity index (χ1n) is 6.10. The Hall–Kier alpha value is -2.61. The predicted octanol–water partition coefficient (Wildman–Crippen LogP) is 1.73. The van der Waals surface area contributed by atoms with Gasteiger partial charge in [0, 0.05) is 17.3 Å². The monoisotopic (exact) mass is 324 g/mol. The lowest BCUT2D eigenvalue weighted by Crippen LogP contribution is -2.15. The van der Waals surface area contributed by atoms with Crippen LogP contribution in [0.3, 0.4) is 0 Å². The van der Waals surface area contributed by atoms with Crippen LogP contribution in [0.5, 0.6) is 5.75 Å². The van der Waals surface area contributed by atoms with Crippen molar-refractivity contribution in [2.24, 2.45) is 5.73 Å². The van der Waals surface area contributed by atoms with Crippen molar-refractivity contribution in [2.45, 2.75) is 4.90 Å². The number of methoxy groups -OCH3 is 1. The summed E-state index contributed by atoms with van der Waals surface area (Å²) in [6, 6.07) is 8.88. The van der Waals surface area contributed by atoms with Crippen LogP contribution in [0.1, 0.15) is 10.4 Å². The molecular formula is C14H13FN2O4S. The third kappa shape index (κ3) is 3.34. The van der Waals surface area contributed by atoms with Crippen molar-refractivity contribution < 1.29 is 22.3 Å². The van der Waals surface area contributed by atoms with E-state index in [1.165, 1.54) is 37.4 Å². The van der Waals surface area contributed by atoms with Crippen molar-refractivity contribution in [3.63, 3.8) is 0 Å². The van der Waals surface area contributed by atoms with Gasteiger partial charge < -0.3 is 10.5 Å². The minimum absolute atomic E-state index is 0.181. The van der Waals surface area contributed by atoms with Gasteiger partial charge in [0.2, 0.25) is 5.91 Å². The van der Waals surface area contributed by atoms with E-state index in [0.717, 1.165) is 12.1 Å². The summed E-state index contributed by atoms with van der Waals surface area (Å²) < 4.78 is 45.2. The number of nitrogens with one attached hydrogen (secondary N) is 1. The van der Waals surface area contributed by atoms with E-state index in [1.54, 1.807) is 0 Å². The smallest absolute Gasteiger partial charge is 0.264 e. The Morgan fingerprint density at radius 3 is 2.32 bits per heavy atom. The highest BCUT2D eigenvalue weighted by Crippen LogP contribution is 2.22. The van der Waals surface area contributed by atoms with Crippen molar-refractivity contribution in [1.82, 2.24) is 0 Å². The first-order chi connectivity index (χ1) is 10.3. The number of amides is 1. The molecule has 1 amide bonds. The quantitative estimate of drug-likeness (QED) is 0.875. The number of hydrogen-bond donors (Lipinski definition) is 2. The Labute approximate surface area is 126 Å². The molecule has 0 aliphatic heterocycles. The van der Waals surface area contributed by atoms with E-state index in [2.05, 4.69) is 4.72 Å². The van der Waals surface area contributed by atoms with Crippen molar-refractivity contribution >= 4 is 21.6 Å². The molecule has 0 bridgehead atoms. The van der Waals surface area contributed by atoms with Gasteiger partial charge in [-0.3, -0.25) is 9.52 Å². The van der Waals surface area contributed by atoms with Gasteiger partial charge >= 0.3 is 0 Å². The first-order valence-corrected chi connectivity index (χ1v) is 7.58. The first kappa shape index (κ1) is 15.8. The highest BCUT2D eigenvalue weighted by Gasteiger charge is 2.19. The summed E-state index contributed by atoms with van der Waals surface area (Å²) in [7, 11) is -2.75. The maximum atomic E-state index is 13.8. The Balaban J connectivity index is 2.29. The molecule has 0 aromatic heterocycles. The molecule has 116 valence electrons. The molecule has 6 nitrogen and oxygen atoms in total. The highest BCUT2D eigenvalue weighted by molar-refractivity contribution is 7.92. The topological polar surface area (TPSA) is 98.5 Å². The third-order valence-electron chi connectivity index (χ3n) is 2.85. The molecule has 0 heterocycles. The zero-order valence-corrected chi connectivity index (χ0v) is 12.4. The number of nitrogens with two attached hydrogens (primary N) is 1. The summed E-state index contributed by atoms with van der Waals surface area (Å²) in [6.45, 7) is 0. The van der Waals surface area contributed by atoms with Crippen molar-refractivity contribution in [2.75, 3.05) is 11.8 Å². The summed E-state index contributed by atoms with van der Waals surface area (Å²) in [5.41, 5.74) is 5.51. The third-order valence-corrected chi connectivity index (χ3v) is 4.26. The molecule has 0 saturated carbocycles. The average molecular weight is 324 g/mol. The van der Waals surface area contributed by atoms with E-state index in [9.17, 15) is 17.6 Å². The normalized spacial score (nSPS) is 11.0. The van der Waals surface area contributed by atoms with Gasteiger partial charge in [0.15, 0.2) is 0 Å². The largest absolute Gasteiger partial charge is 0.497 e. The molecule has 2 aromatic carbocycles. The number of hydrogen-bond acceptors (Lipinski definition) is 4. The fourth-order valence-corrected chi connectivity index (χ4v) is 2.86. The minimum Gasteiger partial charge on any atom is -0.497 e. The number of halogens is 1. The molecule has 22 heavy (non-hydrogen) atoms. The van der Waals surface area contributed by atoms with Crippen molar-refractivity contribution in [3.8, 4) is 5.75 Å². The second-order valence-electron chi connectivity index (χ2n) is 4.34. The fraction of sp³-hybridized carbons (Fsp3) is 0.0714. The summed E-state index contributed by atoms with van der Waals surface area (Å²) in [4.78, 5) is 10.4. The number of rotatable bonds is 5. The number of carbonyl (C=O) groups excluding carboxylic acids is 1. The number of benzene rings is 2. The van der Waals surface area contributed by atoms with Gasteiger partial charge in [-0.15, -0.1) is 0 Å². The van der Waals surface area contributed by atoms with Crippen LogP contribution in [-0.2, 0) is 10.0 Å². The van der Waals surface area contributed by atoms with Gasteiger partial charge in [-0.25, -0.2) is 12.8 Å². The molecule has 0 aliphatic carbocycles. The highest BCUT2D eigenvalue weighted by atomic mass is 32.2. The van der Waals surface area contributed by atoms with Crippen molar-refractivity contribution in [1.29, 1.82) is 0 Å². The summed E-state index contributed by atoms with van der Waals surface area (Å²) >= 11 is 0. The summed E-state index contributed by atoms with van der Waals surface area (Å²) in [5, 5.41) is 0. The number of ether oxygens (including phenoxy) is 1.